The Kier molecular flexibility index (Phi) is 5.38. The van der Waals surface area contributed by atoms with E-state index in [1.807, 2.05) is 6.92 Å². The maximum atomic E-state index is 12.8. The van der Waals surface area contributed by atoms with Gasteiger partial charge in [0.1, 0.15) is 11.6 Å². The Balaban J connectivity index is 2.49. The molecule has 0 aliphatic heterocycles. The Labute approximate surface area is 102 Å². The van der Waals surface area contributed by atoms with Gasteiger partial charge >= 0.3 is 0 Å². The van der Waals surface area contributed by atoms with Crippen molar-refractivity contribution in [1.29, 1.82) is 0 Å². The number of phenolic OH excluding ortho intramolecular Hbond substituents is 1. The largest absolute Gasteiger partial charge is 0.508 e. The van der Waals surface area contributed by atoms with Crippen molar-refractivity contribution in [3.05, 3.63) is 29.6 Å². The molecule has 0 heterocycles. The zero-order valence-corrected chi connectivity index (χ0v) is 10.7. The molecule has 1 aromatic carbocycles. The molecule has 4 heteroatoms. The Morgan fingerprint density at radius 3 is 2.76 bits per heavy atom. The van der Waals surface area contributed by atoms with Gasteiger partial charge in [-0.05, 0) is 26.6 Å². The normalized spacial score (nSPS) is 13.0. The molecule has 0 aliphatic rings. The van der Waals surface area contributed by atoms with Crippen LogP contribution in [0.25, 0.3) is 0 Å². The highest BCUT2D eigenvalue weighted by Crippen LogP contribution is 2.24. The first kappa shape index (κ1) is 13.9. The standard InChI is InChI=1S/C13H21FN2O/c1-4-16(3)8-7-15-10(2)12-6-5-11(14)9-13(12)17/h5-6,9-10,15,17H,4,7-8H2,1-3H3. The van der Waals surface area contributed by atoms with Gasteiger partial charge in [0.15, 0.2) is 0 Å². The van der Waals surface area contributed by atoms with E-state index in [1.54, 1.807) is 6.07 Å². The first-order valence-electron chi connectivity index (χ1n) is 5.95. The topological polar surface area (TPSA) is 35.5 Å². The van der Waals surface area contributed by atoms with Crippen LogP contribution in [0.4, 0.5) is 4.39 Å². The molecule has 0 saturated heterocycles. The van der Waals surface area contributed by atoms with E-state index in [-0.39, 0.29) is 11.8 Å². The summed E-state index contributed by atoms with van der Waals surface area (Å²) >= 11 is 0. The summed E-state index contributed by atoms with van der Waals surface area (Å²) in [5.74, 6) is -0.405. The van der Waals surface area contributed by atoms with Crippen molar-refractivity contribution >= 4 is 0 Å². The van der Waals surface area contributed by atoms with Crippen molar-refractivity contribution in [3.63, 3.8) is 0 Å². The van der Waals surface area contributed by atoms with Gasteiger partial charge in [-0.2, -0.15) is 0 Å². The van der Waals surface area contributed by atoms with Crippen molar-refractivity contribution in [2.45, 2.75) is 19.9 Å². The van der Waals surface area contributed by atoms with Gasteiger partial charge < -0.3 is 15.3 Å². The molecular formula is C13H21FN2O. The van der Waals surface area contributed by atoms with Crippen LogP contribution < -0.4 is 5.32 Å². The van der Waals surface area contributed by atoms with Crippen LogP contribution in [-0.2, 0) is 0 Å². The highest BCUT2D eigenvalue weighted by atomic mass is 19.1. The van der Waals surface area contributed by atoms with Crippen LogP contribution in [0.5, 0.6) is 5.75 Å². The molecule has 0 bridgehead atoms. The number of nitrogens with zero attached hydrogens (tertiary/aromatic N) is 1. The summed E-state index contributed by atoms with van der Waals surface area (Å²) in [5, 5.41) is 12.9. The third-order valence-corrected chi connectivity index (χ3v) is 2.94. The summed E-state index contributed by atoms with van der Waals surface area (Å²) in [5.41, 5.74) is 0.727. The Morgan fingerprint density at radius 2 is 2.18 bits per heavy atom. The Bertz CT molecular complexity index is 357. The zero-order valence-electron chi connectivity index (χ0n) is 10.7. The zero-order chi connectivity index (χ0) is 12.8. The number of phenols is 1. The van der Waals surface area contributed by atoms with Crippen LogP contribution in [0.3, 0.4) is 0 Å². The molecule has 96 valence electrons. The quantitative estimate of drug-likeness (QED) is 0.799. The van der Waals surface area contributed by atoms with Crippen LogP contribution in [0.2, 0.25) is 0 Å². The molecule has 0 aromatic heterocycles. The average molecular weight is 240 g/mol. The van der Waals surface area contributed by atoms with E-state index in [0.717, 1.165) is 31.3 Å². The van der Waals surface area contributed by atoms with E-state index < -0.39 is 5.82 Å². The first-order valence-corrected chi connectivity index (χ1v) is 5.95. The number of nitrogens with one attached hydrogen (secondary N) is 1. The Hall–Kier alpha value is -1.13. The molecule has 0 spiro atoms. The Morgan fingerprint density at radius 1 is 1.47 bits per heavy atom. The number of hydrogen-bond acceptors (Lipinski definition) is 3. The summed E-state index contributed by atoms with van der Waals surface area (Å²) in [7, 11) is 2.06. The summed E-state index contributed by atoms with van der Waals surface area (Å²) < 4.78 is 12.8. The summed E-state index contributed by atoms with van der Waals surface area (Å²) in [6.45, 7) is 6.86. The summed E-state index contributed by atoms with van der Waals surface area (Å²) in [4.78, 5) is 2.20. The molecule has 1 atom stereocenters. The average Bonchev–Trinajstić information content (AvgIpc) is 2.28. The maximum absolute atomic E-state index is 12.8. The molecule has 3 nitrogen and oxygen atoms in total. The van der Waals surface area contributed by atoms with Crippen molar-refractivity contribution in [3.8, 4) is 5.75 Å². The van der Waals surface area contributed by atoms with Crippen LogP contribution in [0.1, 0.15) is 25.5 Å². The van der Waals surface area contributed by atoms with E-state index in [1.165, 1.54) is 6.07 Å². The SMILES string of the molecule is CCN(C)CCNC(C)c1ccc(F)cc1O. The third-order valence-electron chi connectivity index (χ3n) is 2.94. The molecule has 0 amide bonds. The van der Waals surface area contributed by atoms with Crippen LogP contribution in [0, 0.1) is 5.82 Å². The predicted octanol–water partition coefficient (Wildman–Crippen LogP) is 2.13. The molecule has 1 rings (SSSR count). The molecule has 0 fully saturated rings. The highest BCUT2D eigenvalue weighted by Gasteiger charge is 2.10. The fourth-order valence-corrected chi connectivity index (χ4v) is 1.62. The van der Waals surface area contributed by atoms with Crippen molar-refractivity contribution in [2.24, 2.45) is 0 Å². The van der Waals surface area contributed by atoms with E-state index in [0.29, 0.717) is 0 Å². The van der Waals surface area contributed by atoms with Gasteiger partial charge in [0.05, 0.1) is 0 Å². The van der Waals surface area contributed by atoms with Crippen LogP contribution in [0.15, 0.2) is 18.2 Å². The number of halogens is 1. The molecule has 1 unspecified atom stereocenters. The smallest absolute Gasteiger partial charge is 0.126 e. The monoisotopic (exact) mass is 240 g/mol. The highest BCUT2D eigenvalue weighted by molar-refractivity contribution is 5.34. The fraction of sp³-hybridized carbons (Fsp3) is 0.538. The van der Waals surface area contributed by atoms with E-state index in [2.05, 4.69) is 24.2 Å². The second kappa shape index (κ2) is 6.57. The second-order valence-corrected chi connectivity index (χ2v) is 4.27. The molecule has 0 aliphatic carbocycles. The van der Waals surface area contributed by atoms with Gasteiger partial charge in [-0.1, -0.05) is 13.0 Å². The molecule has 17 heavy (non-hydrogen) atoms. The number of aromatic hydroxyl groups is 1. The third kappa shape index (κ3) is 4.32. The van der Waals surface area contributed by atoms with Crippen LogP contribution >= 0.6 is 0 Å². The molecule has 0 saturated carbocycles. The molecule has 2 N–H and O–H groups in total. The fourth-order valence-electron chi connectivity index (χ4n) is 1.62. The van der Waals surface area contributed by atoms with Gasteiger partial charge in [-0.15, -0.1) is 0 Å². The van der Waals surface area contributed by atoms with Crippen molar-refractivity contribution in [2.75, 3.05) is 26.7 Å². The lowest BCUT2D eigenvalue weighted by atomic mass is 10.1. The molecular weight excluding hydrogens is 219 g/mol. The number of rotatable bonds is 6. The minimum Gasteiger partial charge on any atom is -0.508 e. The number of hydrogen-bond donors (Lipinski definition) is 2. The van der Waals surface area contributed by atoms with Gasteiger partial charge in [-0.25, -0.2) is 4.39 Å². The number of likely N-dealkylation sites (N-methyl/N-ethyl adjacent to an activating group) is 1. The summed E-state index contributed by atoms with van der Waals surface area (Å²) in [6, 6.07) is 4.14. The lowest BCUT2D eigenvalue weighted by molar-refractivity contribution is 0.341. The van der Waals surface area contributed by atoms with Gasteiger partial charge in [-0.3, -0.25) is 0 Å². The van der Waals surface area contributed by atoms with E-state index >= 15 is 0 Å². The van der Waals surface area contributed by atoms with Crippen LogP contribution in [-0.4, -0.2) is 36.7 Å². The lowest BCUT2D eigenvalue weighted by Gasteiger charge is -2.18. The van der Waals surface area contributed by atoms with Crippen molar-refractivity contribution in [1.82, 2.24) is 10.2 Å². The lowest BCUT2D eigenvalue weighted by Crippen LogP contribution is -2.30. The van der Waals surface area contributed by atoms with Crippen molar-refractivity contribution < 1.29 is 9.50 Å². The minimum atomic E-state index is -0.413. The predicted molar refractivity (Wildman–Crippen MR) is 67.7 cm³/mol. The first-order chi connectivity index (χ1) is 8.04. The van der Waals surface area contributed by atoms with E-state index in [4.69, 9.17) is 0 Å². The van der Waals surface area contributed by atoms with Gasteiger partial charge in [0.2, 0.25) is 0 Å². The maximum Gasteiger partial charge on any atom is 0.126 e. The molecule has 1 aromatic rings. The second-order valence-electron chi connectivity index (χ2n) is 4.27. The number of benzene rings is 1. The van der Waals surface area contributed by atoms with Gasteiger partial charge in [0.25, 0.3) is 0 Å². The van der Waals surface area contributed by atoms with Gasteiger partial charge in [0, 0.05) is 30.8 Å². The summed E-state index contributed by atoms with van der Waals surface area (Å²) in [6.07, 6.45) is 0. The van der Waals surface area contributed by atoms with E-state index in [9.17, 15) is 9.50 Å². The minimum absolute atomic E-state index is 0.00819. The molecule has 0 radical (unpaired) electrons.